The molecule has 10 saturated heterocycles. The van der Waals surface area contributed by atoms with Gasteiger partial charge in [0, 0.05) is 19.5 Å². The summed E-state index contributed by atoms with van der Waals surface area (Å²) < 4.78 is 0. The van der Waals surface area contributed by atoms with Gasteiger partial charge in [-0.05, 0) is 0 Å². The summed E-state index contributed by atoms with van der Waals surface area (Å²) in [4.78, 5) is 15.9. The van der Waals surface area contributed by atoms with Crippen LogP contribution in [0.2, 0.25) is 48.2 Å². The van der Waals surface area contributed by atoms with Gasteiger partial charge in [-0.15, -0.1) is 0 Å². The van der Waals surface area contributed by atoms with E-state index < -0.39 is 6.51 Å². The van der Waals surface area contributed by atoms with Gasteiger partial charge in [0.15, 0.2) is 0 Å². The molecule has 0 saturated carbocycles. The first-order valence-electron chi connectivity index (χ1n) is 5.37. The SMILES string of the molecule is [CH]12[CH]3[CH]4[CH]5[CH]1[Fe]23451678[CH]2[CH]1[CH]6[CH]7[CH]28.[Zn]. The molecule has 10 aliphatic rings. The van der Waals surface area contributed by atoms with E-state index >= 15 is 0 Å². The second-order valence-electron chi connectivity index (χ2n) is 9.58. The zero-order chi connectivity index (χ0) is 6.09. The van der Waals surface area contributed by atoms with Gasteiger partial charge in [0.05, 0.1) is 0 Å². The van der Waals surface area contributed by atoms with Gasteiger partial charge in [0.25, 0.3) is 0 Å². The average molecular weight is 251 g/mol. The third kappa shape index (κ3) is 0.0283. The molecule has 0 atom stereocenters. The van der Waals surface area contributed by atoms with Crippen LogP contribution in [0.4, 0.5) is 0 Å². The summed E-state index contributed by atoms with van der Waals surface area (Å²) in [5.41, 5.74) is 0. The molecular weight excluding hydrogens is 241 g/mol. The summed E-state index contributed by atoms with van der Waals surface area (Å²) in [5.74, 6) is 0. The zero-order valence-electron chi connectivity index (χ0n) is 6.83. The molecule has 10 fully saturated rings. The second kappa shape index (κ2) is 0.260. The molecule has 1 spiro atoms. The van der Waals surface area contributed by atoms with Crippen molar-refractivity contribution in [2.75, 3.05) is 0 Å². The van der Waals surface area contributed by atoms with Crippen molar-refractivity contribution in [3.05, 3.63) is 0 Å². The van der Waals surface area contributed by atoms with Crippen LogP contribution in [0.3, 0.4) is 0 Å². The van der Waals surface area contributed by atoms with Crippen molar-refractivity contribution >= 4 is 0 Å². The first-order valence-corrected chi connectivity index (χ1v) is 11.7. The summed E-state index contributed by atoms with van der Waals surface area (Å²) >= 11 is 0. The monoisotopic (exact) mass is 250 g/mol. The van der Waals surface area contributed by atoms with Gasteiger partial charge in [0.2, 0.25) is 0 Å². The zero-order valence-corrected chi connectivity index (χ0v) is 10.9. The van der Waals surface area contributed by atoms with E-state index in [4.69, 9.17) is 0 Å². The number of hydrogen-bond acceptors (Lipinski definition) is 0. The normalized spacial score (nSPS) is 157. The van der Waals surface area contributed by atoms with Gasteiger partial charge >= 0.3 is 54.7 Å². The second-order valence-corrected chi connectivity index (χ2v) is 33.5. The minimum atomic E-state index is -2.28. The Morgan fingerprint density at radius 3 is 0.583 bits per heavy atom. The fourth-order valence-corrected chi connectivity index (χ4v) is 88.0. The van der Waals surface area contributed by atoms with Crippen molar-refractivity contribution in [2.45, 2.75) is 48.2 Å². The first kappa shape index (κ1) is 4.34. The van der Waals surface area contributed by atoms with Crippen LogP contribution in [0.25, 0.3) is 0 Å². The van der Waals surface area contributed by atoms with Crippen molar-refractivity contribution in [1.82, 2.24) is 0 Å². The Labute approximate surface area is 73.9 Å². The fourth-order valence-electron chi connectivity index (χ4n) is 15.8. The van der Waals surface area contributed by atoms with E-state index in [1.165, 1.54) is 0 Å². The number of rotatable bonds is 0. The van der Waals surface area contributed by atoms with Gasteiger partial charge in [-0.1, -0.05) is 0 Å². The molecule has 0 N–H and O–H groups in total. The van der Waals surface area contributed by atoms with Crippen molar-refractivity contribution in [3.8, 4) is 0 Å². The van der Waals surface area contributed by atoms with Crippen LogP contribution in [0, 0.1) is 0 Å². The summed E-state index contributed by atoms with van der Waals surface area (Å²) in [6, 6.07) is 0. The fraction of sp³-hybridized carbons (Fsp3) is 1.00. The van der Waals surface area contributed by atoms with E-state index in [1.54, 1.807) is 48.2 Å². The number of fused-ring (bicyclic) bond motifs is 10. The molecule has 12 heavy (non-hydrogen) atoms. The standard InChI is InChI=1S/2C5H5.Fe.Zn/c2*1-2-4-5-3-1;;/h2*1-5H;;. The van der Waals surface area contributed by atoms with Crippen molar-refractivity contribution in [1.29, 1.82) is 0 Å². The maximum Gasteiger partial charge on any atom is 0 e. The van der Waals surface area contributed by atoms with Gasteiger partial charge in [0.1, 0.15) is 0 Å². The van der Waals surface area contributed by atoms with E-state index in [0.29, 0.717) is 0 Å². The van der Waals surface area contributed by atoms with Crippen LogP contribution in [0.1, 0.15) is 0 Å². The van der Waals surface area contributed by atoms with Crippen LogP contribution in [-0.2, 0) is 26.0 Å². The molecule has 10 rings (SSSR count). The molecule has 0 unspecified atom stereocenters. The molecule has 2 heteroatoms. The Bertz CT molecular complexity index is 577. The maximum absolute atomic E-state index is 2.28. The minimum absolute atomic E-state index is 0. The van der Waals surface area contributed by atoms with Crippen LogP contribution >= 0.6 is 0 Å². The Morgan fingerprint density at radius 1 is 0.417 bits per heavy atom. The third-order valence-electron chi connectivity index (χ3n) is 14.5. The van der Waals surface area contributed by atoms with Crippen LogP contribution in [-0.4, -0.2) is 0 Å². The Balaban J connectivity index is 0.000000400. The topological polar surface area (TPSA) is 0 Å². The molecule has 0 aromatic carbocycles. The maximum atomic E-state index is 1.59. The Morgan fingerprint density at radius 2 is 0.583 bits per heavy atom. The summed E-state index contributed by atoms with van der Waals surface area (Å²) in [6.45, 7) is -2.28. The predicted octanol–water partition coefficient (Wildman–Crippen LogP) is 3.37. The summed E-state index contributed by atoms with van der Waals surface area (Å²) in [7, 11) is 0. The Kier molecular flexibility index (Phi) is 0.0939. The van der Waals surface area contributed by atoms with Gasteiger partial charge in [-0.25, -0.2) is 0 Å². The molecule has 0 radical (unpaired) electrons. The van der Waals surface area contributed by atoms with E-state index in [0.717, 1.165) is 0 Å². The van der Waals surface area contributed by atoms with Crippen molar-refractivity contribution in [3.63, 3.8) is 0 Å². The van der Waals surface area contributed by atoms with Crippen molar-refractivity contribution in [2.24, 2.45) is 0 Å². The first-order chi connectivity index (χ1) is 5.16. The molecule has 10 heterocycles. The van der Waals surface area contributed by atoms with Crippen LogP contribution in [0.5, 0.6) is 0 Å². The van der Waals surface area contributed by atoms with Crippen LogP contribution in [0.15, 0.2) is 0 Å². The van der Waals surface area contributed by atoms with E-state index in [1.807, 2.05) is 0 Å². The molecule has 0 aromatic rings. The van der Waals surface area contributed by atoms with E-state index in [-0.39, 0.29) is 19.5 Å². The molecule has 0 aliphatic carbocycles. The Hall–Kier alpha value is 1.14. The average Bonchev–Trinajstić information content (AvgIpc) is 3.01. The van der Waals surface area contributed by atoms with Crippen molar-refractivity contribution < 1.29 is 26.0 Å². The van der Waals surface area contributed by atoms with Gasteiger partial charge in [-0.2, -0.15) is 0 Å². The molecule has 0 nitrogen and oxygen atoms in total. The quantitative estimate of drug-likeness (QED) is 0.579. The third-order valence-corrected chi connectivity index (χ3v) is 56.5. The van der Waals surface area contributed by atoms with Crippen LogP contribution < -0.4 is 0 Å². The van der Waals surface area contributed by atoms with Gasteiger partial charge < -0.3 is 0 Å². The minimum Gasteiger partial charge on any atom is 0 e. The molecule has 0 aromatic heterocycles. The molecule has 60 valence electrons. The predicted molar refractivity (Wildman–Crippen MR) is 37.5 cm³/mol. The van der Waals surface area contributed by atoms with Gasteiger partial charge in [-0.3, -0.25) is 0 Å². The molecular formula is C10H10FeZn. The van der Waals surface area contributed by atoms with E-state index in [9.17, 15) is 0 Å². The molecule has 0 bridgehead atoms. The molecule has 0 amide bonds. The molecule has 10 aliphatic heterocycles. The summed E-state index contributed by atoms with van der Waals surface area (Å²) in [5, 5.41) is 0. The smallest absolute Gasteiger partial charge is 0 e. The number of hydrogen-bond donors (Lipinski definition) is 0. The summed E-state index contributed by atoms with van der Waals surface area (Å²) in [6.07, 6.45) is 0. The largest absolute Gasteiger partial charge is 0 e. The van der Waals surface area contributed by atoms with E-state index in [2.05, 4.69) is 0 Å².